The normalized spacial score (nSPS) is 17.3. The van der Waals surface area contributed by atoms with Crippen molar-refractivity contribution < 1.29 is 9.53 Å². The summed E-state index contributed by atoms with van der Waals surface area (Å²) in [6, 6.07) is 5.42. The molecule has 0 aliphatic carbocycles. The number of piperidine rings is 1. The number of pyridine rings is 1. The molecule has 136 valence electrons. The van der Waals surface area contributed by atoms with Crippen molar-refractivity contribution in [3.8, 4) is 0 Å². The molecular weight excluding hydrogens is 330 g/mol. The van der Waals surface area contributed by atoms with Gasteiger partial charge in [-0.15, -0.1) is 5.10 Å². The molecule has 1 fully saturated rings. The number of ether oxygens (including phenoxy) is 1. The predicted octanol–water partition coefficient (Wildman–Crippen LogP) is 2.23. The third-order valence-electron chi connectivity index (χ3n) is 4.91. The molecule has 0 radical (unpaired) electrons. The summed E-state index contributed by atoms with van der Waals surface area (Å²) in [4.78, 5) is 20.1. The van der Waals surface area contributed by atoms with Gasteiger partial charge in [-0.2, -0.15) is 5.10 Å². The van der Waals surface area contributed by atoms with Crippen LogP contribution in [0.3, 0.4) is 0 Å². The zero-order valence-electron chi connectivity index (χ0n) is 14.8. The number of carbonyl (C=O) groups excluding carboxylic acids is 1. The molecule has 2 aromatic heterocycles. The lowest BCUT2D eigenvalue weighted by molar-refractivity contribution is 0.102. The van der Waals surface area contributed by atoms with Gasteiger partial charge in [-0.1, -0.05) is 0 Å². The van der Waals surface area contributed by atoms with Gasteiger partial charge in [0.15, 0.2) is 5.82 Å². The van der Waals surface area contributed by atoms with Gasteiger partial charge >= 0.3 is 0 Å². The number of hydrogen-bond donors (Lipinski definition) is 1. The third-order valence-corrected chi connectivity index (χ3v) is 4.91. The molecule has 1 amide bonds. The molecule has 4 rings (SSSR count). The molecule has 0 bridgehead atoms. The minimum absolute atomic E-state index is 0.163. The highest BCUT2D eigenvalue weighted by Crippen LogP contribution is 2.26. The summed E-state index contributed by atoms with van der Waals surface area (Å²) in [5.74, 6) is 1.19. The molecule has 2 aliphatic rings. The van der Waals surface area contributed by atoms with Crippen molar-refractivity contribution >= 4 is 17.5 Å². The number of hydrogen-bond acceptors (Lipinski definition) is 6. The molecule has 0 aromatic carbocycles. The van der Waals surface area contributed by atoms with Gasteiger partial charge in [-0.05, 0) is 49.4 Å². The molecule has 0 saturated carbocycles. The maximum Gasteiger partial charge on any atom is 0.257 e. The van der Waals surface area contributed by atoms with Crippen molar-refractivity contribution in [1.82, 2.24) is 15.2 Å². The van der Waals surface area contributed by atoms with Crippen LogP contribution in [0.5, 0.6) is 0 Å². The van der Waals surface area contributed by atoms with Crippen LogP contribution in [-0.2, 0) is 17.6 Å². The Balaban J connectivity index is 1.69. The van der Waals surface area contributed by atoms with E-state index in [0.29, 0.717) is 31.0 Å². The quantitative estimate of drug-likeness (QED) is 0.911. The van der Waals surface area contributed by atoms with E-state index in [4.69, 9.17) is 9.72 Å². The van der Waals surface area contributed by atoms with Crippen LogP contribution in [0.2, 0.25) is 0 Å². The first kappa shape index (κ1) is 16.9. The van der Waals surface area contributed by atoms with Gasteiger partial charge < -0.3 is 15.0 Å². The molecule has 2 aliphatic heterocycles. The van der Waals surface area contributed by atoms with E-state index in [9.17, 15) is 4.79 Å². The van der Waals surface area contributed by atoms with Crippen LogP contribution >= 0.6 is 0 Å². The number of nitrogens with zero attached hydrogens (tertiary/aromatic N) is 4. The summed E-state index contributed by atoms with van der Waals surface area (Å²) in [6.07, 6.45) is 6.62. The number of rotatable bonds is 3. The van der Waals surface area contributed by atoms with Crippen LogP contribution in [0, 0.1) is 0 Å². The lowest BCUT2D eigenvalue weighted by atomic mass is 10.0. The molecule has 0 atom stereocenters. The highest BCUT2D eigenvalue weighted by atomic mass is 16.5. The largest absolute Gasteiger partial charge is 0.381 e. The van der Waals surface area contributed by atoms with Gasteiger partial charge in [0.25, 0.3) is 5.91 Å². The topological polar surface area (TPSA) is 80.2 Å². The number of carbonyl (C=O) groups is 1. The minimum Gasteiger partial charge on any atom is -0.381 e. The molecule has 4 heterocycles. The van der Waals surface area contributed by atoms with Crippen molar-refractivity contribution in [1.29, 1.82) is 0 Å². The fourth-order valence-corrected chi connectivity index (χ4v) is 3.58. The van der Waals surface area contributed by atoms with Crippen LogP contribution in [0.1, 0.15) is 40.9 Å². The number of nitrogens with one attached hydrogen (secondary N) is 1. The lowest BCUT2D eigenvalue weighted by Gasteiger charge is -2.29. The number of fused-ring (bicyclic) bond motifs is 1. The Morgan fingerprint density at radius 1 is 1.15 bits per heavy atom. The predicted molar refractivity (Wildman–Crippen MR) is 98.5 cm³/mol. The number of aromatic nitrogens is 3. The van der Waals surface area contributed by atoms with Gasteiger partial charge in [-0.25, -0.2) is 4.98 Å². The highest BCUT2D eigenvalue weighted by Gasteiger charge is 2.23. The molecule has 1 N–H and O–H groups in total. The fourth-order valence-electron chi connectivity index (χ4n) is 3.58. The molecule has 26 heavy (non-hydrogen) atoms. The highest BCUT2D eigenvalue weighted by molar-refractivity contribution is 6.05. The maximum atomic E-state index is 13.0. The second-order valence-corrected chi connectivity index (χ2v) is 6.68. The summed E-state index contributed by atoms with van der Waals surface area (Å²) in [6.45, 7) is 3.25. The first-order valence-electron chi connectivity index (χ1n) is 9.26. The average molecular weight is 353 g/mol. The van der Waals surface area contributed by atoms with Crippen LogP contribution in [0.15, 0.2) is 24.4 Å². The van der Waals surface area contributed by atoms with E-state index in [0.717, 1.165) is 36.6 Å². The fraction of sp³-hybridized carbons (Fsp3) is 0.474. The Morgan fingerprint density at radius 2 is 2.00 bits per heavy atom. The van der Waals surface area contributed by atoms with Crippen molar-refractivity contribution in [3.05, 3.63) is 41.2 Å². The van der Waals surface area contributed by atoms with E-state index < -0.39 is 0 Å². The van der Waals surface area contributed by atoms with Crippen LogP contribution < -0.4 is 10.2 Å². The second-order valence-electron chi connectivity index (χ2n) is 6.68. The zero-order chi connectivity index (χ0) is 17.8. The van der Waals surface area contributed by atoms with Gasteiger partial charge in [0, 0.05) is 37.0 Å². The van der Waals surface area contributed by atoms with Crippen molar-refractivity contribution in [2.24, 2.45) is 0 Å². The van der Waals surface area contributed by atoms with Crippen molar-refractivity contribution in [2.45, 2.75) is 32.1 Å². The standard InChI is InChI=1S/C19H23N5O2/c25-19(22-17-5-4-8-20-23-17)15-13-18(24-9-2-1-3-10-24)21-16-7-12-26-11-6-14(15)16/h4-5,8,13H,1-3,6-7,9-12H2,(H,22,23,25). The van der Waals surface area contributed by atoms with Gasteiger partial charge in [0.05, 0.1) is 13.2 Å². The molecule has 0 unspecified atom stereocenters. The summed E-state index contributed by atoms with van der Waals surface area (Å²) in [5.41, 5.74) is 2.64. The summed E-state index contributed by atoms with van der Waals surface area (Å²) in [5, 5.41) is 10.6. The lowest BCUT2D eigenvalue weighted by Crippen LogP contribution is -2.31. The number of amides is 1. The average Bonchev–Trinajstić information content (AvgIpc) is 2.94. The SMILES string of the molecule is O=C(Nc1cccnn1)c1cc(N2CCCCC2)nc2c1CCOCC2. The van der Waals surface area contributed by atoms with Crippen LogP contribution in [0.4, 0.5) is 11.6 Å². The van der Waals surface area contributed by atoms with E-state index >= 15 is 0 Å². The monoisotopic (exact) mass is 353 g/mol. The minimum atomic E-state index is -0.163. The smallest absolute Gasteiger partial charge is 0.257 e. The maximum absolute atomic E-state index is 13.0. The molecule has 0 spiro atoms. The van der Waals surface area contributed by atoms with Gasteiger partial charge in [-0.3, -0.25) is 4.79 Å². The van der Waals surface area contributed by atoms with Crippen LogP contribution in [-0.4, -0.2) is 47.4 Å². The molecular formula is C19H23N5O2. The molecule has 2 aromatic rings. The van der Waals surface area contributed by atoms with Crippen LogP contribution in [0.25, 0.3) is 0 Å². The van der Waals surface area contributed by atoms with E-state index in [1.54, 1.807) is 18.3 Å². The molecule has 1 saturated heterocycles. The Hall–Kier alpha value is -2.54. The second kappa shape index (κ2) is 7.78. The number of anilines is 2. The van der Waals surface area contributed by atoms with Crippen molar-refractivity contribution in [3.63, 3.8) is 0 Å². The van der Waals surface area contributed by atoms with Gasteiger partial charge in [0.2, 0.25) is 0 Å². The Labute approximate surface area is 152 Å². The molecule has 7 nitrogen and oxygen atoms in total. The van der Waals surface area contributed by atoms with E-state index in [1.807, 2.05) is 6.07 Å². The zero-order valence-corrected chi connectivity index (χ0v) is 14.8. The Bertz CT molecular complexity index is 775. The van der Waals surface area contributed by atoms with E-state index in [1.165, 1.54) is 19.3 Å². The summed E-state index contributed by atoms with van der Waals surface area (Å²) in [7, 11) is 0. The van der Waals surface area contributed by atoms with Gasteiger partial charge in [0.1, 0.15) is 5.82 Å². The first-order chi connectivity index (χ1) is 12.8. The third kappa shape index (κ3) is 3.67. The van der Waals surface area contributed by atoms with E-state index in [-0.39, 0.29) is 5.91 Å². The Morgan fingerprint density at radius 3 is 2.81 bits per heavy atom. The summed E-state index contributed by atoms with van der Waals surface area (Å²) < 4.78 is 5.61. The Kier molecular flexibility index (Phi) is 5.06. The van der Waals surface area contributed by atoms with Crippen molar-refractivity contribution in [2.75, 3.05) is 36.5 Å². The molecule has 7 heteroatoms. The summed E-state index contributed by atoms with van der Waals surface area (Å²) >= 11 is 0. The first-order valence-corrected chi connectivity index (χ1v) is 9.26. The van der Waals surface area contributed by atoms with E-state index in [2.05, 4.69) is 20.4 Å².